The van der Waals surface area contributed by atoms with Gasteiger partial charge in [-0.2, -0.15) is 5.10 Å². The van der Waals surface area contributed by atoms with Gasteiger partial charge in [-0.05, 0) is 11.1 Å². The Morgan fingerprint density at radius 2 is 1.77 bits per heavy atom. The molecule has 1 aliphatic heterocycles. The third kappa shape index (κ3) is 3.38. The van der Waals surface area contributed by atoms with Gasteiger partial charge in [0.15, 0.2) is 0 Å². The minimum atomic E-state index is -0.111. The summed E-state index contributed by atoms with van der Waals surface area (Å²) < 4.78 is 0. The summed E-state index contributed by atoms with van der Waals surface area (Å²) in [6.45, 7) is 0. The predicted octanol–water partition coefficient (Wildman–Crippen LogP) is 1.84. The molecule has 22 heavy (non-hydrogen) atoms. The second-order valence-electron chi connectivity index (χ2n) is 4.98. The van der Waals surface area contributed by atoms with E-state index in [1.807, 2.05) is 42.5 Å². The van der Waals surface area contributed by atoms with E-state index in [0.717, 1.165) is 22.4 Å². The average Bonchev–Trinajstić information content (AvgIpc) is 2.55. The quantitative estimate of drug-likeness (QED) is 0.887. The molecule has 1 amide bonds. The topological polar surface area (TPSA) is 65.8 Å². The van der Waals surface area contributed by atoms with Crippen molar-refractivity contribution in [1.82, 2.24) is 10.9 Å². The van der Waals surface area contributed by atoms with E-state index in [9.17, 15) is 4.79 Å². The van der Waals surface area contributed by atoms with Crippen LogP contribution in [0.3, 0.4) is 0 Å². The van der Waals surface area contributed by atoms with Gasteiger partial charge in [0.25, 0.3) is 0 Å². The molecule has 1 aliphatic rings. The summed E-state index contributed by atoms with van der Waals surface area (Å²) in [5.74, 6) is -0.111. The summed E-state index contributed by atoms with van der Waals surface area (Å²) in [6, 6.07) is 17.9. The van der Waals surface area contributed by atoms with Crippen molar-refractivity contribution in [3.8, 4) is 0 Å². The fourth-order valence-corrected chi connectivity index (χ4v) is 2.39. The molecule has 0 aromatic heterocycles. The summed E-state index contributed by atoms with van der Waals surface area (Å²) in [4.78, 5) is 11.9. The van der Waals surface area contributed by atoms with Gasteiger partial charge in [-0.15, -0.1) is 5.10 Å². The standard InChI is InChI=1S/C17H16N4O/c22-17-11-14-8-4-5-9-15(14)16(20-18-12-19-21-17)10-13-6-2-1-3-7-13/h1-9,12H,10-11H2,(H,18,19)(H,21,22)/b20-16-. The van der Waals surface area contributed by atoms with Gasteiger partial charge in [-0.1, -0.05) is 54.6 Å². The molecular weight excluding hydrogens is 276 g/mol. The van der Waals surface area contributed by atoms with E-state index in [2.05, 4.69) is 33.2 Å². The SMILES string of the molecule is O=C1Cc2ccccc2/C(Cc2ccccc2)=N\N=CNN1. The highest BCUT2D eigenvalue weighted by molar-refractivity contribution is 6.04. The number of hydrogen-bond acceptors (Lipinski definition) is 4. The lowest BCUT2D eigenvalue weighted by Crippen LogP contribution is -2.37. The van der Waals surface area contributed by atoms with Crippen molar-refractivity contribution in [2.45, 2.75) is 12.8 Å². The van der Waals surface area contributed by atoms with Crippen LogP contribution < -0.4 is 10.9 Å². The van der Waals surface area contributed by atoms with Gasteiger partial charge in [0, 0.05) is 12.0 Å². The maximum absolute atomic E-state index is 11.9. The number of amides is 1. The second-order valence-corrected chi connectivity index (χ2v) is 4.98. The Balaban J connectivity index is 2.01. The van der Waals surface area contributed by atoms with Crippen molar-refractivity contribution >= 4 is 18.0 Å². The van der Waals surface area contributed by atoms with Gasteiger partial charge in [0.05, 0.1) is 12.1 Å². The molecule has 0 unspecified atom stereocenters. The fourth-order valence-electron chi connectivity index (χ4n) is 2.39. The molecule has 0 atom stereocenters. The highest BCUT2D eigenvalue weighted by atomic mass is 16.2. The normalized spacial score (nSPS) is 16.7. The van der Waals surface area contributed by atoms with Crippen molar-refractivity contribution < 1.29 is 4.79 Å². The maximum atomic E-state index is 11.9. The monoisotopic (exact) mass is 292 g/mol. The van der Waals surface area contributed by atoms with Gasteiger partial charge in [0.2, 0.25) is 5.91 Å². The van der Waals surface area contributed by atoms with E-state index in [1.165, 1.54) is 6.34 Å². The van der Waals surface area contributed by atoms with Crippen LogP contribution in [-0.4, -0.2) is 18.0 Å². The highest BCUT2D eigenvalue weighted by Crippen LogP contribution is 2.15. The van der Waals surface area contributed by atoms with Crippen molar-refractivity contribution in [1.29, 1.82) is 0 Å². The molecule has 0 saturated heterocycles. The molecule has 1 heterocycles. The van der Waals surface area contributed by atoms with E-state index in [0.29, 0.717) is 12.8 Å². The highest BCUT2D eigenvalue weighted by Gasteiger charge is 2.13. The van der Waals surface area contributed by atoms with Crippen LogP contribution in [0.2, 0.25) is 0 Å². The number of hydrogen-bond donors (Lipinski definition) is 2. The minimum absolute atomic E-state index is 0.111. The van der Waals surface area contributed by atoms with Crippen LogP contribution in [0.4, 0.5) is 0 Å². The van der Waals surface area contributed by atoms with Crippen LogP contribution in [-0.2, 0) is 17.6 Å². The van der Waals surface area contributed by atoms with E-state index in [1.54, 1.807) is 0 Å². The van der Waals surface area contributed by atoms with Crippen LogP contribution in [0, 0.1) is 0 Å². The van der Waals surface area contributed by atoms with E-state index in [4.69, 9.17) is 0 Å². The summed E-state index contributed by atoms with van der Waals surface area (Å²) in [5, 5.41) is 8.30. The van der Waals surface area contributed by atoms with E-state index >= 15 is 0 Å². The molecule has 2 aromatic rings. The molecular formula is C17H16N4O. The van der Waals surface area contributed by atoms with Gasteiger partial charge >= 0.3 is 0 Å². The summed E-state index contributed by atoms with van der Waals surface area (Å²) in [5.41, 5.74) is 9.06. The lowest BCUT2D eigenvalue weighted by Gasteiger charge is -2.13. The van der Waals surface area contributed by atoms with Crippen molar-refractivity contribution in [2.75, 3.05) is 0 Å². The van der Waals surface area contributed by atoms with Crippen LogP contribution in [0.5, 0.6) is 0 Å². The third-order valence-corrected chi connectivity index (χ3v) is 3.41. The third-order valence-electron chi connectivity index (χ3n) is 3.41. The Labute approximate surface area is 128 Å². The summed E-state index contributed by atoms with van der Waals surface area (Å²) in [7, 11) is 0. The second kappa shape index (κ2) is 6.67. The number of carbonyl (C=O) groups is 1. The molecule has 0 aliphatic carbocycles. The first-order valence-corrected chi connectivity index (χ1v) is 7.08. The predicted molar refractivity (Wildman–Crippen MR) is 86.6 cm³/mol. The average molecular weight is 292 g/mol. The Morgan fingerprint density at radius 3 is 2.64 bits per heavy atom. The first kappa shape index (κ1) is 14.0. The molecule has 0 spiro atoms. The van der Waals surface area contributed by atoms with Gasteiger partial charge in [-0.25, -0.2) is 0 Å². The van der Waals surface area contributed by atoms with Crippen LogP contribution >= 0.6 is 0 Å². The molecule has 0 fully saturated rings. The number of benzene rings is 2. The number of carbonyl (C=O) groups excluding carboxylic acids is 1. The zero-order valence-corrected chi connectivity index (χ0v) is 12.0. The first-order valence-electron chi connectivity index (χ1n) is 7.08. The maximum Gasteiger partial charge on any atom is 0.242 e. The molecule has 0 radical (unpaired) electrons. The van der Waals surface area contributed by atoms with Crippen LogP contribution in [0.15, 0.2) is 64.8 Å². The van der Waals surface area contributed by atoms with Crippen molar-refractivity contribution in [2.24, 2.45) is 10.2 Å². The molecule has 0 saturated carbocycles. The number of rotatable bonds is 2. The zero-order valence-electron chi connectivity index (χ0n) is 12.0. The molecule has 110 valence electrons. The molecule has 0 bridgehead atoms. The lowest BCUT2D eigenvalue weighted by molar-refractivity contribution is -0.120. The number of nitrogens with zero attached hydrogens (tertiary/aromatic N) is 2. The summed E-state index contributed by atoms with van der Waals surface area (Å²) in [6.07, 6.45) is 2.33. The van der Waals surface area contributed by atoms with Crippen molar-refractivity contribution in [3.05, 3.63) is 71.3 Å². The zero-order chi connectivity index (χ0) is 15.2. The summed E-state index contributed by atoms with van der Waals surface area (Å²) >= 11 is 0. The number of nitrogens with one attached hydrogen (secondary N) is 2. The Kier molecular flexibility index (Phi) is 4.25. The number of hydrazine groups is 1. The van der Waals surface area contributed by atoms with Crippen LogP contribution in [0.25, 0.3) is 0 Å². The Hall–Kier alpha value is -2.95. The lowest BCUT2D eigenvalue weighted by atomic mass is 9.96. The van der Waals surface area contributed by atoms with E-state index < -0.39 is 0 Å². The Bertz CT molecular complexity index is 722. The van der Waals surface area contributed by atoms with Gasteiger partial charge in [0.1, 0.15) is 6.34 Å². The minimum Gasteiger partial charge on any atom is -0.286 e. The van der Waals surface area contributed by atoms with Crippen molar-refractivity contribution in [3.63, 3.8) is 0 Å². The van der Waals surface area contributed by atoms with Crippen LogP contribution in [0.1, 0.15) is 16.7 Å². The molecule has 2 N–H and O–H groups in total. The molecule has 2 aromatic carbocycles. The first-order chi connectivity index (χ1) is 10.8. The molecule has 5 heteroatoms. The molecule has 3 rings (SSSR count). The van der Waals surface area contributed by atoms with E-state index in [-0.39, 0.29) is 5.91 Å². The van der Waals surface area contributed by atoms with Gasteiger partial charge < -0.3 is 0 Å². The number of fused-ring (bicyclic) bond motifs is 1. The largest absolute Gasteiger partial charge is 0.286 e. The molecule has 5 nitrogen and oxygen atoms in total. The Morgan fingerprint density at radius 1 is 1.00 bits per heavy atom. The van der Waals surface area contributed by atoms with Gasteiger partial charge in [-0.3, -0.25) is 15.6 Å². The fraction of sp³-hybridized carbons (Fsp3) is 0.118. The smallest absolute Gasteiger partial charge is 0.242 e.